The number of nitrogens with one attached hydrogen (secondary N) is 1. The molecule has 0 saturated heterocycles. The van der Waals surface area contributed by atoms with Crippen LogP contribution in [-0.2, 0) is 16.1 Å². The number of nitrogens with zero attached hydrogens (tertiary/aromatic N) is 1. The Labute approximate surface area is 154 Å². The fourth-order valence-corrected chi connectivity index (χ4v) is 2.54. The predicted octanol–water partition coefficient (Wildman–Crippen LogP) is 2.86. The number of hydrogen-bond acceptors (Lipinski definition) is 5. The van der Waals surface area contributed by atoms with E-state index >= 15 is 0 Å². The lowest BCUT2D eigenvalue weighted by Crippen LogP contribution is -2.30. The fourth-order valence-electron chi connectivity index (χ4n) is 2.54. The Morgan fingerprint density at radius 2 is 2.00 bits per heavy atom. The van der Waals surface area contributed by atoms with E-state index in [9.17, 15) is 14.0 Å². The van der Waals surface area contributed by atoms with Gasteiger partial charge in [0.25, 0.3) is 5.91 Å². The maximum atomic E-state index is 13.8. The van der Waals surface area contributed by atoms with Crippen LogP contribution in [0.4, 0.5) is 4.39 Å². The van der Waals surface area contributed by atoms with E-state index in [0.29, 0.717) is 27.8 Å². The zero-order chi connectivity index (χ0) is 19.2. The number of ether oxygens (including phenoxy) is 2. The first-order valence-corrected chi connectivity index (χ1v) is 8.18. The zero-order valence-corrected chi connectivity index (χ0v) is 14.6. The number of aromatic nitrogens is 1. The van der Waals surface area contributed by atoms with Gasteiger partial charge in [-0.3, -0.25) is 14.6 Å². The van der Waals surface area contributed by atoms with Gasteiger partial charge in [0.2, 0.25) is 0 Å². The summed E-state index contributed by atoms with van der Waals surface area (Å²) in [5, 5.41) is 2.85. The van der Waals surface area contributed by atoms with Gasteiger partial charge in [-0.05, 0) is 36.4 Å². The van der Waals surface area contributed by atoms with Crippen LogP contribution in [0.25, 0.3) is 10.9 Å². The number of amides is 1. The van der Waals surface area contributed by atoms with Crippen molar-refractivity contribution in [1.29, 1.82) is 0 Å². The van der Waals surface area contributed by atoms with Gasteiger partial charge in [0.1, 0.15) is 24.7 Å². The Bertz CT molecular complexity index is 991. The number of esters is 1. The van der Waals surface area contributed by atoms with Gasteiger partial charge >= 0.3 is 5.97 Å². The van der Waals surface area contributed by atoms with Gasteiger partial charge in [-0.2, -0.15) is 0 Å². The van der Waals surface area contributed by atoms with Crippen molar-refractivity contribution in [2.24, 2.45) is 0 Å². The molecule has 0 atom stereocenters. The molecule has 0 saturated carbocycles. The van der Waals surface area contributed by atoms with E-state index in [1.54, 1.807) is 42.6 Å². The van der Waals surface area contributed by atoms with Crippen molar-refractivity contribution in [3.05, 3.63) is 71.7 Å². The monoisotopic (exact) mass is 368 g/mol. The summed E-state index contributed by atoms with van der Waals surface area (Å²) >= 11 is 0. The van der Waals surface area contributed by atoms with E-state index in [4.69, 9.17) is 9.47 Å². The number of hydrogen-bond donors (Lipinski definition) is 1. The standard InChI is InChI=1S/C20H17FN2O4/c1-26-15-5-2-4-13(10-15)20(25)23-11-18(24)27-12-14-7-8-17(21)16-6-3-9-22-19(14)16/h2-10H,11-12H2,1H3,(H,23,25). The quantitative estimate of drug-likeness (QED) is 0.677. The molecule has 0 aliphatic heterocycles. The number of pyridine rings is 1. The molecule has 27 heavy (non-hydrogen) atoms. The van der Waals surface area contributed by atoms with E-state index < -0.39 is 17.7 Å². The highest BCUT2D eigenvalue weighted by atomic mass is 19.1. The van der Waals surface area contributed by atoms with Crippen LogP contribution in [0.2, 0.25) is 0 Å². The van der Waals surface area contributed by atoms with Gasteiger partial charge in [-0.1, -0.05) is 12.1 Å². The summed E-state index contributed by atoms with van der Waals surface area (Å²) in [7, 11) is 1.50. The molecule has 6 nitrogen and oxygen atoms in total. The van der Waals surface area contributed by atoms with E-state index in [2.05, 4.69) is 10.3 Å². The van der Waals surface area contributed by atoms with E-state index in [1.807, 2.05) is 0 Å². The molecule has 138 valence electrons. The highest BCUT2D eigenvalue weighted by Gasteiger charge is 2.12. The second kappa shape index (κ2) is 8.27. The number of methoxy groups -OCH3 is 1. The minimum Gasteiger partial charge on any atom is -0.497 e. The lowest BCUT2D eigenvalue weighted by Gasteiger charge is -2.09. The first-order valence-electron chi connectivity index (χ1n) is 8.18. The van der Waals surface area contributed by atoms with Crippen molar-refractivity contribution < 1.29 is 23.5 Å². The Kier molecular flexibility index (Phi) is 5.61. The summed E-state index contributed by atoms with van der Waals surface area (Å²) in [6.45, 7) is -0.357. The van der Waals surface area contributed by atoms with E-state index in [0.717, 1.165) is 0 Å². The molecular formula is C20H17FN2O4. The third kappa shape index (κ3) is 4.38. The topological polar surface area (TPSA) is 77.5 Å². The Hall–Kier alpha value is -3.48. The number of halogens is 1. The van der Waals surface area contributed by atoms with Crippen LogP contribution in [0.1, 0.15) is 15.9 Å². The van der Waals surface area contributed by atoms with Gasteiger partial charge < -0.3 is 14.8 Å². The van der Waals surface area contributed by atoms with Crippen molar-refractivity contribution in [1.82, 2.24) is 10.3 Å². The van der Waals surface area contributed by atoms with Crippen LogP contribution in [0.5, 0.6) is 5.75 Å². The molecule has 1 heterocycles. The van der Waals surface area contributed by atoms with Crippen LogP contribution >= 0.6 is 0 Å². The third-order valence-electron chi connectivity index (χ3n) is 3.91. The number of rotatable bonds is 6. The molecule has 1 N–H and O–H groups in total. The summed E-state index contributed by atoms with van der Waals surface area (Å²) < 4.78 is 24.0. The van der Waals surface area contributed by atoms with Crippen molar-refractivity contribution in [2.75, 3.05) is 13.7 Å². The van der Waals surface area contributed by atoms with Gasteiger partial charge in [0.15, 0.2) is 0 Å². The van der Waals surface area contributed by atoms with Crippen molar-refractivity contribution >= 4 is 22.8 Å². The van der Waals surface area contributed by atoms with Gasteiger partial charge in [-0.25, -0.2) is 4.39 Å². The van der Waals surface area contributed by atoms with Gasteiger partial charge in [0, 0.05) is 22.7 Å². The van der Waals surface area contributed by atoms with Crippen LogP contribution in [0.15, 0.2) is 54.7 Å². The SMILES string of the molecule is COc1cccc(C(=O)NCC(=O)OCc2ccc(F)c3cccnc23)c1. The summed E-state index contributed by atoms with van der Waals surface area (Å²) in [6, 6.07) is 12.6. The lowest BCUT2D eigenvalue weighted by atomic mass is 10.1. The lowest BCUT2D eigenvalue weighted by molar-refractivity contribution is -0.143. The second-order valence-corrected chi connectivity index (χ2v) is 5.68. The predicted molar refractivity (Wildman–Crippen MR) is 96.8 cm³/mol. The normalized spacial score (nSPS) is 10.4. The molecule has 0 aliphatic rings. The maximum Gasteiger partial charge on any atom is 0.325 e. The number of benzene rings is 2. The first-order chi connectivity index (χ1) is 13.1. The van der Waals surface area contributed by atoms with Crippen LogP contribution in [0, 0.1) is 5.82 Å². The summed E-state index contributed by atoms with van der Waals surface area (Å²) in [6.07, 6.45) is 1.54. The molecule has 0 spiro atoms. The average molecular weight is 368 g/mol. The molecule has 0 aliphatic carbocycles. The second-order valence-electron chi connectivity index (χ2n) is 5.68. The largest absolute Gasteiger partial charge is 0.497 e. The number of fused-ring (bicyclic) bond motifs is 1. The van der Waals surface area contributed by atoms with E-state index in [1.165, 1.54) is 19.2 Å². The molecule has 3 rings (SSSR count). The fraction of sp³-hybridized carbons (Fsp3) is 0.150. The van der Waals surface area contributed by atoms with Crippen LogP contribution in [0.3, 0.4) is 0 Å². The molecule has 1 amide bonds. The summed E-state index contributed by atoms with van der Waals surface area (Å²) in [5.41, 5.74) is 1.39. The van der Waals surface area contributed by atoms with Crippen LogP contribution < -0.4 is 10.1 Å². The molecule has 3 aromatic rings. The smallest absolute Gasteiger partial charge is 0.325 e. The summed E-state index contributed by atoms with van der Waals surface area (Å²) in [4.78, 5) is 28.1. The Morgan fingerprint density at radius 1 is 1.15 bits per heavy atom. The van der Waals surface area contributed by atoms with Crippen molar-refractivity contribution in [3.63, 3.8) is 0 Å². The Balaban J connectivity index is 1.57. The van der Waals surface area contributed by atoms with Gasteiger partial charge in [0.05, 0.1) is 12.6 Å². The molecule has 2 aromatic carbocycles. The van der Waals surface area contributed by atoms with Crippen molar-refractivity contribution in [2.45, 2.75) is 6.61 Å². The molecule has 1 aromatic heterocycles. The summed E-state index contributed by atoms with van der Waals surface area (Å²) in [5.74, 6) is -0.876. The zero-order valence-electron chi connectivity index (χ0n) is 14.6. The molecular weight excluding hydrogens is 351 g/mol. The number of carbonyl (C=O) groups is 2. The average Bonchev–Trinajstić information content (AvgIpc) is 2.71. The minimum absolute atomic E-state index is 0.0678. The molecule has 7 heteroatoms. The van der Waals surface area contributed by atoms with E-state index in [-0.39, 0.29) is 13.2 Å². The molecule has 0 unspecified atom stereocenters. The van der Waals surface area contributed by atoms with Crippen LogP contribution in [-0.4, -0.2) is 30.5 Å². The number of carbonyl (C=O) groups excluding carboxylic acids is 2. The highest BCUT2D eigenvalue weighted by Crippen LogP contribution is 2.20. The maximum absolute atomic E-state index is 13.8. The highest BCUT2D eigenvalue weighted by molar-refractivity contribution is 5.96. The molecule has 0 bridgehead atoms. The first kappa shape index (κ1) is 18.3. The minimum atomic E-state index is -0.611. The Morgan fingerprint density at radius 3 is 2.81 bits per heavy atom. The van der Waals surface area contributed by atoms with Crippen molar-refractivity contribution in [3.8, 4) is 5.75 Å². The molecule has 0 radical (unpaired) electrons. The molecule has 0 fully saturated rings. The third-order valence-corrected chi connectivity index (χ3v) is 3.91. The van der Waals surface area contributed by atoms with Gasteiger partial charge in [-0.15, -0.1) is 0 Å².